The number of nitrogens with zero attached hydrogens (tertiary/aromatic N) is 4. The molecule has 2 rings (SSSR count). The van der Waals surface area contributed by atoms with E-state index >= 15 is 0 Å². The van der Waals surface area contributed by atoms with Crippen molar-refractivity contribution < 1.29 is 0 Å². The van der Waals surface area contributed by atoms with Gasteiger partial charge in [-0.05, 0) is 38.5 Å². The van der Waals surface area contributed by atoms with Crippen LogP contribution in [0.4, 0.5) is 11.5 Å². The lowest BCUT2D eigenvalue weighted by molar-refractivity contribution is 0.866. The molecular formula is C15H20N6O. The van der Waals surface area contributed by atoms with E-state index < -0.39 is 5.69 Å². The molecule has 0 saturated heterocycles. The molecule has 0 spiro atoms. The van der Waals surface area contributed by atoms with Crippen molar-refractivity contribution in [3.63, 3.8) is 0 Å². The number of H-pyrrole nitrogens is 1. The van der Waals surface area contributed by atoms with E-state index in [9.17, 15) is 4.79 Å². The molecule has 0 unspecified atom stereocenters. The van der Waals surface area contributed by atoms with Crippen molar-refractivity contribution in [1.82, 2.24) is 15.2 Å². The average molecular weight is 300 g/mol. The first-order valence-corrected chi connectivity index (χ1v) is 7.21. The van der Waals surface area contributed by atoms with Crippen molar-refractivity contribution in [3.8, 4) is 0 Å². The molecule has 116 valence electrons. The molecule has 0 bridgehead atoms. The Kier molecular flexibility index (Phi) is 5.24. The van der Waals surface area contributed by atoms with Crippen LogP contribution in [0.15, 0.2) is 34.2 Å². The van der Waals surface area contributed by atoms with Crippen LogP contribution >= 0.6 is 0 Å². The Morgan fingerprint density at radius 2 is 1.95 bits per heavy atom. The molecule has 0 aliphatic carbocycles. The van der Waals surface area contributed by atoms with Crippen LogP contribution < -0.4 is 16.0 Å². The minimum atomic E-state index is -0.508. The third kappa shape index (κ3) is 3.91. The first-order chi connectivity index (χ1) is 10.6. The molecule has 1 aromatic heterocycles. The van der Waals surface area contributed by atoms with Crippen LogP contribution in [0, 0.1) is 6.92 Å². The molecule has 0 radical (unpaired) electrons. The molecule has 7 nitrogen and oxygen atoms in total. The van der Waals surface area contributed by atoms with Crippen LogP contribution in [0.3, 0.4) is 0 Å². The van der Waals surface area contributed by atoms with Gasteiger partial charge < -0.3 is 4.90 Å². The highest BCUT2D eigenvalue weighted by Gasteiger charge is 2.01. The summed E-state index contributed by atoms with van der Waals surface area (Å²) in [5.41, 5.74) is 4.94. The summed E-state index contributed by atoms with van der Waals surface area (Å²) in [5, 5.41) is 10.2. The van der Waals surface area contributed by atoms with Crippen LogP contribution in [0.5, 0.6) is 0 Å². The number of rotatable bonds is 6. The van der Waals surface area contributed by atoms with E-state index in [1.54, 1.807) is 13.1 Å². The standard InChI is InChI=1S/C15H20N6O/c1-4-21(5-2)13-8-6-12(7-9-13)10-16-19-14-11(3)18-20-15(22)17-14/h6-10H,4-5H2,1-3H3,(H2,17,19,20,22)/b16-10+. The highest BCUT2D eigenvalue weighted by atomic mass is 16.1. The van der Waals surface area contributed by atoms with Crippen molar-refractivity contribution in [2.75, 3.05) is 23.4 Å². The number of nitrogens with one attached hydrogen (secondary N) is 2. The predicted octanol–water partition coefficient (Wildman–Crippen LogP) is 1.77. The number of aromatic nitrogens is 3. The van der Waals surface area contributed by atoms with Gasteiger partial charge in [-0.3, -0.25) is 5.43 Å². The topological polar surface area (TPSA) is 86.3 Å². The molecule has 1 aromatic carbocycles. The zero-order chi connectivity index (χ0) is 15.9. The van der Waals surface area contributed by atoms with E-state index in [2.05, 4.69) is 56.6 Å². The minimum Gasteiger partial charge on any atom is -0.372 e. The zero-order valence-corrected chi connectivity index (χ0v) is 13.0. The lowest BCUT2D eigenvalue weighted by Gasteiger charge is -2.20. The molecule has 0 aliphatic rings. The quantitative estimate of drug-likeness (QED) is 0.627. The summed E-state index contributed by atoms with van der Waals surface area (Å²) >= 11 is 0. The molecule has 2 aromatic rings. The number of benzene rings is 1. The summed E-state index contributed by atoms with van der Waals surface area (Å²) in [5.74, 6) is 0.347. The first-order valence-electron chi connectivity index (χ1n) is 7.21. The average Bonchev–Trinajstić information content (AvgIpc) is 2.53. The molecule has 0 atom stereocenters. The van der Waals surface area contributed by atoms with E-state index in [1.807, 2.05) is 12.1 Å². The van der Waals surface area contributed by atoms with Gasteiger partial charge >= 0.3 is 5.69 Å². The second kappa shape index (κ2) is 7.35. The van der Waals surface area contributed by atoms with E-state index in [0.29, 0.717) is 11.5 Å². The fourth-order valence-corrected chi connectivity index (χ4v) is 2.03. The molecule has 22 heavy (non-hydrogen) atoms. The Hall–Kier alpha value is -2.70. The minimum absolute atomic E-state index is 0.347. The molecule has 2 N–H and O–H groups in total. The Morgan fingerprint density at radius 1 is 1.27 bits per heavy atom. The Morgan fingerprint density at radius 3 is 2.59 bits per heavy atom. The van der Waals surface area contributed by atoms with Crippen molar-refractivity contribution >= 4 is 17.7 Å². The third-order valence-corrected chi connectivity index (χ3v) is 3.28. The number of hydrogen-bond donors (Lipinski definition) is 2. The van der Waals surface area contributed by atoms with Gasteiger partial charge in [0.05, 0.1) is 6.21 Å². The van der Waals surface area contributed by atoms with Gasteiger partial charge in [-0.25, -0.2) is 9.89 Å². The van der Waals surface area contributed by atoms with Gasteiger partial charge in [0.15, 0.2) is 5.82 Å². The molecule has 1 heterocycles. The molecule has 7 heteroatoms. The summed E-state index contributed by atoms with van der Waals surface area (Å²) in [6.07, 6.45) is 1.67. The van der Waals surface area contributed by atoms with Crippen molar-refractivity contribution in [2.24, 2.45) is 5.10 Å². The van der Waals surface area contributed by atoms with Gasteiger partial charge in [0.1, 0.15) is 5.69 Å². The number of anilines is 2. The Labute approximate surface area is 129 Å². The van der Waals surface area contributed by atoms with Crippen molar-refractivity contribution in [2.45, 2.75) is 20.8 Å². The van der Waals surface area contributed by atoms with Gasteiger partial charge in [-0.2, -0.15) is 15.2 Å². The van der Waals surface area contributed by atoms with Crippen LogP contribution in [0.25, 0.3) is 0 Å². The predicted molar refractivity (Wildman–Crippen MR) is 88.6 cm³/mol. The second-order valence-electron chi connectivity index (χ2n) is 4.71. The molecule has 0 aliphatic heterocycles. The van der Waals surface area contributed by atoms with Gasteiger partial charge in [0.2, 0.25) is 0 Å². The Bertz CT molecular complexity index is 688. The van der Waals surface area contributed by atoms with E-state index in [1.165, 1.54) is 5.69 Å². The SMILES string of the molecule is CCN(CC)c1ccc(/C=N/Nc2nc(=O)[nH]nc2C)cc1. The van der Waals surface area contributed by atoms with Crippen LogP contribution in [-0.4, -0.2) is 34.5 Å². The second-order valence-corrected chi connectivity index (χ2v) is 4.71. The fraction of sp³-hybridized carbons (Fsp3) is 0.333. The van der Waals surface area contributed by atoms with Gasteiger partial charge in [-0.15, -0.1) is 0 Å². The maximum absolute atomic E-state index is 11.1. The Balaban J connectivity index is 2.04. The first kappa shape index (κ1) is 15.7. The summed E-state index contributed by atoms with van der Waals surface area (Å²) in [6, 6.07) is 8.11. The highest BCUT2D eigenvalue weighted by Crippen LogP contribution is 2.14. The van der Waals surface area contributed by atoms with Crippen LogP contribution in [-0.2, 0) is 0 Å². The van der Waals surface area contributed by atoms with Gasteiger partial charge in [0, 0.05) is 18.8 Å². The largest absolute Gasteiger partial charge is 0.372 e. The smallest absolute Gasteiger partial charge is 0.363 e. The zero-order valence-electron chi connectivity index (χ0n) is 13.0. The number of aryl methyl sites for hydroxylation is 1. The highest BCUT2D eigenvalue weighted by molar-refractivity contribution is 5.80. The summed E-state index contributed by atoms with van der Waals surface area (Å²) in [7, 11) is 0. The van der Waals surface area contributed by atoms with E-state index in [0.717, 1.165) is 18.7 Å². The number of hydrogen-bond acceptors (Lipinski definition) is 6. The summed E-state index contributed by atoms with van der Waals surface area (Å²) in [4.78, 5) is 17.1. The molecule has 0 fully saturated rings. The van der Waals surface area contributed by atoms with Gasteiger partial charge in [-0.1, -0.05) is 12.1 Å². The lowest BCUT2D eigenvalue weighted by atomic mass is 10.2. The molecule has 0 saturated carbocycles. The fourth-order valence-electron chi connectivity index (χ4n) is 2.03. The maximum Gasteiger partial charge on any atom is 0.363 e. The third-order valence-electron chi connectivity index (χ3n) is 3.28. The van der Waals surface area contributed by atoms with Crippen molar-refractivity contribution in [3.05, 3.63) is 46.0 Å². The summed E-state index contributed by atoms with van der Waals surface area (Å²) < 4.78 is 0. The molecular weight excluding hydrogens is 280 g/mol. The molecule has 0 amide bonds. The monoisotopic (exact) mass is 300 g/mol. The maximum atomic E-state index is 11.1. The lowest BCUT2D eigenvalue weighted by Crippen LogP contribution is -2.21. The number of hydrazone groups is 1. The number of aromatic amines is 1. The van der Waals surface area contributed by atoms with Crippen molar-refractivity contribution in [1.29, 1.82) is 0 Å². The van der Waals surface area contributed by atoms with Crippen LogP contribution in [0.1, 0.15) is 25.1 Å². The van der Waals surface area contributed by atoms with Gasteiger partial charge in [0.25, 0.3) is 0 Å². The van der Waals surface area contributed by atoms with E-state index in [4.69, 9.17) is 0 Å². The summed E-state index contributed by atoms with van der Waals surface area (Å²) in [6.45, 7) is 7.96. The normalized spacial score (nSPS) is 10.9. The van der Waals surface area contributed by atoms with E-state index in [-0.39, 0.29) is 0 Å². The van der Waals surface area contributed by atoms with Crippen LogP contribution in [0.2, 0.25) is 0 Å².